The van der Waals surface area contributed by atoms with Crippen molar-refractivity contribution in [3.63, 3.8) is 0 Å². The molecule has 1 aliphatic rings. The van der Waals surface area contributed by atoms with Crippen molar-refractivity contribution in [1.82, 2.24) is 4.90 Å². The average molecular weight is 640 g/mol. The van der Waals surface area contributed by atoms with Crippen LogP contribution in [0.1, 0.15) is 162 Å². The van der Waals surface area contributed by atoms with E-state index in [0.717, 1.165) is 57.4 Å². The summed E-state index contributed by atoms with van der Waals surface area (Å²) in [4.78, 5) is 14.3. The maximum atomic E-state index is 12.3. The number of hydrogen-bond acceptors (Lipinski definition) is 4. The molecule has 0 heterocycles. The summed E-state index contributed by atoms with van der Waals surface area (Å²) in [7, 11) is 3.96. The van der Waals surface area contributed by atoms with Crippen molar-refractivity contribution >= 4 is 6.16 Å². The van der Waals surface area contributed by atoms with E-state index >= 15 is 0 Å². The summed E-state index contributed by atoms with van der Waals surface area (Å²) in [6, 6.07) is 0. The van der Waals surface area contributed by atoms with E-state index in [0.29, 0.717) is 6.61 Å². The predicted molar refractivity (Wildman–Crippen MR) is 200 cm³/mol. The molecule has 0 spiro atoms. The van der Waals surface area contributed by atoms with Crippen LogP contribution in [0.25, 0.3) is 0 Å². The first-order chi connectivity index (χ1) is 22.6. The molecule has 264 valence electrons. The maximum Gasteiger partial charge on any atom is 0.508 e. The Morgan fingerprint density at radius 3 is 2.04 bits per heavy atom. The van der Waals surface area contributed by atoms with Crippen LogP contribution in [0.2, 0.25) is 0 Å². The number of hydrogen-bond donors (Lipinski definition) is 0. The Morgan fingerprint density at radius 2 is 1.35 bits per heavy atom. The Bertz CT molecular complexity index is 853. The Morgan fingerprint density at radius 1 is 0.717 bits per heavy atom. The molecule has 0 aromatic rings. The van der Waals surface area contributed by atoms with Gasteiger partial charge < -0.3 is 14.4 Å². The summed E-state index contributed by atoms with van der Waals surface area (Å²) in [6.07, 6.45) is 48.0. The van der Waals surface area contributed by atoms with Crippen molar-refractivity contribution < 1.29 is 14.3 Å². The van der Waals surface area contributed by atoms with Crippen LogP contribution in [0.5, 0.6) is 0 Å². The number of likely N-dealkylation sites (N-methyl/N-ethyl adjacent to an activating group) is 1. The summed E-state index contributed by atoms with van der Waals surface area (Å²) in [5, 5.41) is 0. The molecule has 0 aliphatic heterocycles. The van der Waals surface area contributed by atoms with Gasteiger partial charge in [-0.1, -0.05) is 138 Å². The largest absolute Gasteiger partial charge is 0.508 e. The molecule has 4 nitrogen and oxygen atoms in total. The van der Waals surface area contributed by atoms with Gasteiger partial charge in [-0.05, 0) is 103 Å². The van der Waals surface area contributed by atoms with Gasteiger partial charge in [-0.25, -0.2) is 4.79 Å². The number of unbranched alkanes of at least 4 members (excludes halogenated alkanes) is 13. The molecule has 46 heavy (non-hydrogen) atoms. The first-order valence-corrected chi connectivity index (χ1v) is 19.3. The second-order valence-corrected chi connectivity index (χ2v) is 13.6. The summed E-state index contributed by atoms with van der Waals surface area (Å²) >= 11 is 0. The number of rotatable bonds is 31. The van der Waals surface area contributed by atoms with Gasteiger partial charge in [0.15, 0.2) is 0 Å². The Labute approximate surface area is 285 Å². The van der Waals surface area contributed by atoms with E-state index < -0.39 is 6.16 Å². The van der Waals surface area contributed by atoms with Crippen LogP contribution < -0.4 is 0 Å². The molecular weight excluding hydrogens is 566 g/mol. The van der Waals surface area contributed by atoms with E-state index in [1.54, 1.807) is 5.57 Å². The highest BCUT2D eigenvalue weighted by atomic mass is 16.7. The van der Waals surface area contributed by atoms with Gasteiger partial charge >= 0.3 is 6.16 Å². The third kappa shape index (κ3) is 28.2. The maximum absolute atomic E-state index is 12.3. The number of carbonyl (C=O) groups is 1. The van der Waals surface area contributed by atoms with E-state index in [-0.39, 0.29) is 6.10 Å². The lowest BCUT2D eigenvalue weighted by Crippen LogP contribution is -2.23. The normalized spacial score (nSPS) is 16.6. The van der Waals surface area contributed by atoms with Crippen LogP contribution >= 0.6 is 0 Å². The molecule has 0 amide bonds. The van der Waals surface area contributed by atoms with Gasteiger partial charge in [-0.2, -0.15) is 0 Å². The van der Waals surface area contributed by atoms with Crippen molar-refractivity contribution in [2.45, 2.75) is 168 Å². The van der Waals surface area contributed by atoms with E-state index in [4.69, 9.17) is 9.47 Å². The molecule has 0 radical (unpaired) electrons. The number of ether oxygens (including phenoxy) is 2. The van der Waals surface area contributed by atoms with Crippen molar-refractivity contribution in [2.24, 2.45) is 5.92 Å². The van der Waals surface area contributed by atoms with Gasteiger partial charge in [0.25, 0.3) is 0 Å². The summed E-state index contributed by atoms with van der Waals surface area (Å²) < 4.78 is 11.1. The lowest BCUT2D eigenvalue weighted by molar-refractivity contribution is 0.0139. The molecule has 1 rings (SSSR count). The van der Waals surface area contributed by atoms with Crippen LogP contribution in [-0.2, 0) is 9.47 Å². The van der Waals surface area contributed by atoms with Gasteiger partial charge in [0.1, 0.15) is 12.7 Å². The lowest BCUT2D eigenvalue weighted by Gasteiger charge is -2.18. The van der Waals surface area contributed by atoms with E-state index in [1.165, 1.54) is 103 Å². The van der Waals surface area contributed by atoms with E-state index in [9.17, 15) is 4.79 Å². The SMILES string of the molecule is CCC/C=C/C=C\C/C=C\CCCCCCCC(CCCCCCCC1C/C1=C/C/C=C\CCCCC)OC(=O)OCCN(C)C. The third-order valence-electron chi connectivity index (χ3n) is 8.78. The zero-order valence-corrected chi connectivity index (χ0v) is 30.7. The van der Waals surface area contributed by atoms with Crippen molar-refractivity contribution in [1.29, 1.82) is 0 Å². The van der Waals surface area contributed by atoms with Gasteiger partial charge in [0.05, 0.1) is 0 Å². The minimum absolute atomic E-state index is 0.0143. The zero-order chi connectivity index (χ0) is 33.3. The highest BCUT2D eigenvalue weighted by Crippen LogP contribution is 2.42. The zero-order valence-electron chi connectivity index (χ0n) is 30.7. The van der Waals surface area contributed by atoms with E-state index in [2.05, 4.69) is 68.5 Å². The smallest absolute Gasteiger partial charge is 0.433 e. The predicted octanol–water partition coefficient (Wildman–Crippen LogP) is 12.9. The molecule has 0 bridgehead atoms. The molecule has 1 saturated carbocycles. The monoisotopic (exact) mass is 640 g/mol. The fourth-order valence-electron chi connectivity index (χ4n) is 5.70. The average Bonchev–Trinajstić information content (AvgIpc) is 3.79. The Kier molecular flexibility index (Phi) is 28.8. The van der Waals surface area contributed by atoms with Crippen LogP contribution in [0, 0.1) is 5.92 Å². The van der Waals surface area contributed by atoms with Crippen molar-refractivity contribution in [2.75, 3.05) is 27.2 Å². The molecule has 1 aliphatic carbocycles. The van der Waals surface area contributed by atoms with Crippen LogP contribution in [0.4, 0.5) is 4.79 Å². The van der Waals surface area contributed by atoms with Crippen LogP contribution in [0.15, 0.2) is 60.3 Å². The first-order valence-electron chi connectivity index (χ1n) is 19.3. The summed E-state index contributed by atoms with van der Waals surface area (Å²) in [6.45, 7) is 5.57. The highest BCUT2D eigenvalue weighted by molar-refractivity contribution is 5.60. The molecule has 0 aromatic heterocycles. The summed E-state index contributed by atoms with van der Waals surface area (Å²) in [5.74, 6) is 0.867. The minimum Gasteiger partial charge on any atom is -0.433 e. The molecule has 1 fully saturated rings. The topological polar surface area (TPSA) is 38.8 Å². The number of carbonyl (C=O) groups excluding carboxylic acids is 1. The van der Waals surface area contributed by atoms with Crippen molar-refractivity contribution in [3.8, 4) is 0 Å². The second kappa shape index (κ2) is 31.5. The molecule has 0 N–H and O–H groups in total. The van der Waals surface area contributed by atoms with Crippen LogP contribution in [-0.4, -0.2) is 44.4 Å². The van der Waals surface area contributed by atoms with E-state index in [1.807, 2.05) is 19.0 Å². The van der Waals surface area contributed by atoms with Gasteiger partial charge in [0, 0.05) is 6.54 Å². The van der Waals surface area contributed by atoms with Crippen LogP contribution in [0.3, 0.4) is 0 Å². The number of allylic oxidation sites excluding steroid dienone is 10. The Hall–Kier alpha value is -2.07. The molecule has 0 aromatic carbocycles. The lowest BCUT2D eigenvalue weighted by atomic mass is 10.0. The fraction of sp³-hybridized carbons (Fsp3) is 0.738. The second-order valence-electron chi connectivity index (χ2n) is 13.6. The third-order valence-corrected chi connectivity index (χ3v) is 8.78. The molecule has 4 heteroatoms. The quantitative estimate of drug-likeness (QED) is 0.0327. The first kappa shape index (κ1) is 42.0. The molecular formula is C42H73NO3. The van der Waals surface area contributed by atoms with Gasteiger partial charge in [-0.3, -0.25) is 0 Å². The minimum atomic E-state index is -0.495. The standard InChI is InChI=1S/C42H73NO3/c1-5-7-9-11-13-14-15-16-17-18-19-20-22-26-30-34-41(46-42(44)45-37-36-43(3)4)35-31-27-23-25-29-33-40-38-39(40)32-28-24-21-12-10-8-6-2/h9,11,13-14,16-17,21,24,32,40-41H,5-8,10,12,15,18-20,22-23,25-31,33-38H2,1-4H3/b11-9+,14-13-,17-16-,24-21-,39-32-. The molecule has 0 saturated heterocycles. The van der Waals surface area contributed by atoms with Gasteiger partial charge in [-0.15, -0.1) is 0 Å². The molecule has 2 unspecified atom stereocenters. The summed E-state index contributed by atoms with van der Waals surface area (Å²) in [5.41, 5.74) is 1.70. The Balaban J connectivity index is 2.17. The fourth-order valence-corrected chi connectivity index (χ4v) is 5.70. The van der Waals surface area contributed by atoms with Crippen molar-refractivity contribution in [3.05, 3.63) is 60.3 Å². The number of nitrogens with zero attached hydrogens (tertiary/aromatic N) is 1. The van der Waals surface area contributed by atoms with Gasteiger partial charge in [0.2, 0.25) is 0 Å². The highest BCUT2D eigenvalue weighted by Gasteiger charge is 2.27. The molecule has 2 atom stereocenters.